The van der Waals surface area contributed by atoms with E-state index in [1.807, 2.05) is 6.92 Å². The summed E-state index contributed by atoms with van der Waals surface area (Å²) in [5.41, 5.74) is 2.12. The van der Waals surface area contributed by atoms with Gasteiger partial charge >= 0.3 is 0 Å². The van der Waals surface area contributed by atoms with E-state index in [0.29, 0.717) is 17.3 Å². The number of rotatable bonds is 5. The van der Waals surface area contributed by atoms with Crippen molar-refractivity contribution >= 4 is 17.5 Å². The van der Waals surface area contributed by atoms with Gasteiger partial charge in [-0.3, -0.25) is 4.79 Å². The number of nitrogens with zero attached hydrogens (tertiary/aromatic N) is 1. The van der Waals surface area contributed by atoms with Crippen LogP contribution in [0.4, 0.5) is 4.39 Å². The van der Waals surface area contributed by atoms with Crippen LogP contribution in [0.1, 0.15) is 35.0 Å². The summed E-state index contributed by atoms with van der Waals surface area (Å²) in [6.07, 6.45) is 1.71. The van der Waals surface area contributed by atoms with E-state index in [9.17, 15) is 9.18 Å². The molecule has 21 heavy (non-hydrogen) atoms. The Balaban J connectivity index is 2.04. The summed E-state index contributed by atoms with van der Waals surface area (Å²) in [7, 11) is 0. The van der Waals surface area contributed by atoms with Gasteiger partial charge < -0.3 is 5.32 Å². The van der Waals surface area contributed by atoms with Crippen LogP contribution in [0.2, 0.25) is 5.15 Å². The lowest BCUT2D eigenvalue weighted by atomic mass is 10.1. The molecule has 0 atom stereocenters. The SMILES string of the molecule is CCCc1cc(C(=O)NCc2ccc(F)cc2)cc(Cl)n1. The Morgan fingerprint density at radius 3 is 2.67 bits per heavy atom. The van der Waals surface area contributed by atoms with Crippen molar-refractivity contribution in [3.05, 3.63) is 64.2 Å². The predicted octanol–water partition coefficient (Wildman–Crippen LogP) is 3.76. The Labute approximate surface area is 128 Å². The lowest BCUT2D eigenvalue weighted by Crippen LogP contribution is -2.23. The summed E-state index contributed by atoms with van der Waals surface area (Å²) < 4.78 is 12.8. The van der Waals surface area contributed by atoms with Crippen LogP contribution < -0.4 is 5.32 Å². The number of nitrogens with one attached hydrogen (secondary N) is 1. The second-order valence-corrected chi connectivity index (χ2v) is 5.12. The van der Waals surface area contributed by atoms with Gasteiger partial charge in [-0.15, -0.1) is 0 Å². The zero-order chi connectivity index (χ0) is 15.2. The summed E-state index contributed by atoms with van der Waals surface area (Å²) >= 11 is 5.93. The molecule has 0 unspecified atom stereocenters. The van der Waals surface area contributed by atoms with E-state index in [-0.39, 0.29) is 11.7 Å². The molecular formula is C16H16ClFN2O. The number of hydrogen-bond donors (Lipinski definition) is 1. The van der Waals surface area contributed by atoms with E-state index in [1.165, 1.54) is 12.1 Å². The van der Waals surface area contributed by atoms with E-state index >= 15 is 0 Å². The molecule has 0 radical (unpaired) electrons. The van der Waals surface area contributed by atoms with Crippen LogP contribution >= 0.6 is 11.6 Å². The third-order valence-corrected chi connectivity index (χ3v) is 3.18. The second-order valence-electron chi connectivity index (χ2n) is 4.73. The van der Waals surface area contributed by atoms with Crippen molar-refractivity contribution in [1.29, 1.82) is 0 Å². The van der Waals surface area contributed by atoms with Gasteiger partial charge in [-0.05, 0) is 36.2 Å². The molecule has 0 aliphatic heterocycles. The lowest BCUT2D eigenvalue weighted by molar-refractivity contribution is 0.0950. The van der Waals surface area contributed by atoms with Crippen LogP contribution in [0.15, 0.2) is 36.4 Å². The minimum atomic E-state index is -0.296. The lowest BCUT2D eigenvalue weighted by Gasteiger charge is -2.07. The summed E-state index contributed by atoms with van der Waals surface area (Å²) in [6, 6.07) is 9.29. The Morgan fingerprint density at radius 1 is 1.29 bits per heavy atom. The van der Waals surface area contributed by atoms with Crippen LogP contribution in [0.25, 0.3) is 0 Å². The van der Waals surface area contributed by atoms with Gasteiger partial charge in [-0.1, -0.05) is 37.1 Å². The molecule has 0 fully saturated rings. The summed E-state index contributed by atoms with van der Waals surface area (Å²) in [5, 5.41) is 3.10. The number of amides is 1. The average Bonchev–Trinajstić information content (AvgIpc) is 2.46. The third-order valence-electron chi connectivity index (χ3n) is 2.98. The molecule has 1 heterocycles. The van der Waals surface area contributed by atoms with Gasteiger partial charge in [0.1, 0.15) is 11.0 Å². The molecule has 3 nitrogen and oxygen atoms in total. The first-order valence-electron chi connectivity index (χ1n) is 6.77. The molecule has 2 aromatic rings. The monoisotopic (exact) mass is 306 g/mol. The summed E-state index contributed by atoms with van der Waals surface area (Å²) in [4.78, 5) is 16.3. The van der Waals surface area contributed by atoms with Crippen molar-refractivity contribution in [3.8, 4) is 0 Å². The standard InChI is InChI=1S/C16H16ClFN2O/c1-2-3-14-8-12(9-15(17)20-14)16(21)19-10-11-4-6-13(18)7-5-11/h4-9H,2-3,10H2,1H3,(H,19,21). The third kappa shape index (κ3) is 4.53. The smallest absolute Gasteiger partial charge is 0.251 e. The second kappa shape index (κ2) is 7.18. The Hall–Kier alpha value is -1.94. The Bertz CT molecular complexity index is 629. The van der Waals surface area contributed by atoms with Gasteiger partial charge in [0.25, 0.3) is 5.91 Å². The van der Waals surface area contributed by atoms with Crippen molar-refractivity contribution in [2.45, 2.75) is 26.3 Å². The quantitative estimate of drug-likeness (QED) is 0.855. The normalized spacial score (nSPS) is 10.4. The minimum Gasteiger partial charge on any atom is -0.348 e. The zero-order valence-corrected chi connectivity index (χ0v) is 12.5. The molecule has 2 rings (SSSR count). The fourth-order valence-corrected chi connectivity index (χ4v) is 2.18. The Morgan fingerprint density at radius 2 is 2.00 bits per heavy atom. The summed E-state index contributed by atoms with van der Waals surface area (Å²) in [6.45, 7) is 2.37. The fraction of sp³-hybridized carbons (Fsp3) is 0.250. The molecule has 5 heteroatoms. The number of benzene rings is 1. The number of hydrogen-bond acceptors (Lipinski definition) is 2. The molecule has 1 amide bonds. The number of aryl methyl sites for hydroxylation is 1. The van der Waals surface area contributed by atoms with Crippen molar-refractivity contribution in [2.75, 3.05) is 0 Å². The Kier molecular flexibility index (Phi) is 5.28. The number of carbonyl (C=O) groups is 1. The molecule has 0 bridgehead atoms. The van der Waals surface area contributed by atoms with Gasteiger partial charge in [-0.2, -0.15) is 0 Å². The van der Waals surface area contributed by atoms with E-state index in [1.54, 1.807) is 24.3 Å². The highest BCUT2D eigenvalue weighted by Gasteiger charge is 2.09. The molecule has 1 aromatic heterocycles. The fourth-order valence-electron chi connectivity index (χ4n) is 1.95. The highest BCUT2D eigenvalue weighted by Crippen LogP contribution is 2.13. The highest BCUT2D eigenvalue weighted by molar-refractivity contribution is 6.29. The van der Waals surface area contributed by atoms with Crippen molar-refractivity contribution in [1.82, 2.24) is 10.3 Å². The van der Waals surface area contributed by atoms with Gasteiger partial charge in [0.2, 0.25) is 0 Å². The maximum atomic E-state index is 12.8. The number of aromatic nitrogens is 1. The van der Waals surface area contributed by atoms with Crippen molar-refractivity contribution < 1.29 is 9.18 Å². The molecule has 110 valence electrons. The largest absolute Gasteiger partial charge is 0.348 e. The van der Waals surface area contributed by atoms with Gasteiger partial charge in [-0.25, -0.2) is 9.37 Å². The van der Waals surface area contributed by atoms with Crippen molar-refractivity contribution in [3.63, 3.8) is 0 Å². The first-order chi connectivity index (χ1) is 10.1. The van der Waals surface area contributed by atoms with Crippen molar-refractivity contribution in [2.24, 2.45) is 0 Å². The van der Waals surface area contributed by atoms with E-state index in [2.05, 4.69) is 10.3 Å². The van der Waals surface area contributed by atoms with E-state index in [4.69, 9.17) is 11.6 Å². The first kappa shape index (κ1) is 15.4. The maximum Gasteiger partial charge on any atom is 0.251 e. The van der Waals surface area contributed by atoms with Crippen LogP contribution in [0.3, 0.4) is 0 Å². The van der Waals surface area contributed by atoms with Crippen LogP contribution in [-0.4, -0.2) is 10.9 Å². The number of halogens is 2. The molecule has 0 saturated carbocycles. The van der Waals surface area contributed by atoms with Crippen LogP contribution in [0.5, 0.6) is 0 Å². The van der Waals surface area contributed by atoms with Gasteiger partial charge in [0.15, 0.2) is 0 Å². The number of carbonyl (C=O) groups excluding carboxylic acids is 1. The minimum absolute atomic E-state index is 0.221. The first-order valence-corrected chi connectivity index (χ1v) is 7.15. The molecule has 0 aliphatic rings. The molecule has 1 N–H and O–H groups in total. The molecule has 0 aliphatic carbocycles. The van der Waals surface area contributed by atoms with Crippen LogP contribution in [0, 0.1) is 5.82 Å². The predicted molar refractivity (Wildman–Crippen MR) is 80.8 cm³/mol. The molecule has 0 spiro atoms. The van der Waals surface area contributed by atoms with Crippen LogP contribution in [-0.2, 0) is 13.0 Å². The molecule has 0 saturated heterocycles. The molecule has 1 aromatic carbocycles. The summed E-state index contributed by atoms with van der Waals surface area (Å²) in [5.74, 6) is -0.517. The van der Waals surface area contributed by atoms with E-state index < -0.39 is 0 Å². The van der Waals surface area contributed by atoms with Gasteiger partial charge in [0.05, 0.1) is 0 Å². The number of pyridine rings is 1. The average molecular weight is 307 g/mol. The zero-order valence-electron chi connectivity index (χ0n) is 11.7. The maximum absolute atomic E-state index is 12.8. The van der Waals surface area contributed by atoms with E-state index in [0.717, 1.165) is 24.1 Å². The molecular weight excluding hydrogens is 291 g/mol. The van der Waals surface area contributed by atoms with Gasteiger partial charge in [0, 0.05) is 17.8 Å². The highest BCUT2D eigenvalue weighted by atomic mass is 35.5. The topological polar surface area (TPSA) is 42.0 Å².